The number of nitrogens with two attached hydrogens (primary N) is 1. The third-order valence-corrected chi connectivity index (χ3v) is 1.91. The van der Waals surface area contributed by atoms with Crippen LogP contribution in [0.15, 0.2) is 11.6 Å². The first kappa shape index (κ1) is 6.81. The molecular formula is C8H15N. The van der Waals surface area contributed by atoms with Gasteiger partial charge in [0.1, 0.15) is 0 Å². The molecule has 0 aliphatic heterocycles. The molecule has 0 amide bonds. The van der Waals surface area contributed by atoms with E-state index >= 15 is 0 Å². The molecular weight excluding hydrogens is 110 g/mol. The summed E-state index contributed by atoms with van der Waals surface area (Å²) >= 11 is 0. The highest BCUT2D eigenvalue weighted by Crippen LogP contribution is 2.18. The molecule has 0 bridgehead atoms. The minimum atomic E-state index is 0.297. The maximum absolute atomic E-state index is 5.70. The van der Waals surface area contributed by atoms with Crippen LogP contribution in [0.5, 0.6) is 0 Å². The zero-order valence-corrected chi connectivity index (χ0v) is 6.06. The highest BCUT2D eigenvalue weighted by atomic mass is 14.6. The SMILES string of the molecule is CC(N)C1=CCCCC1. The quantitative estimate of drug-likeness (QED) is 0.532. The van der Waals surface area contributed by atoms with E-state index in [1.807, 2.05) is 0 Å². The lowest BCUT2D eigenvalue weighted by molar-refractivity contribution is 0.654. The number of hydrogen-bond acceptors (Lipinski definition) is 1. The molecule has 1 aliphatic carbocycles. The highest BCUT2D eigenvalue weighted by molar-refractivity contribution is 5.10. The maximum atomic E-state index is 5.70. The van der Waals surface area contributed by atoms with Crippen LogP contribution in [0.1, 0.15) is 32.6 Å². The summed E-state index contributed by atoms with van der Waals surface area (Å²) in [5.74, 6) is 0. The maximum Gasteiger partial charge on any atom is 0.0224 e. The van der Waals surface area contributed by atoms with Crippen molar-refractivity contribution in [3.63, 3.8) is 0 Å². The van der Waals surface area contributed by atoms with Gasteiger partial charge in [0.15, 0.2) is 0 Å². The summed E-state index contributed by atoms with van der Waals surface area (Å²) in [5.41, 5.74) is 7.16. The molecule has 0 spiro atoms. The van der Waals surface area contributed by atoms with Crippen molar-refractivity contribution in [3.8, 4) is 0 Å². The second-order valence-corrected chi connectivity index (χ2v) is 2.81. The van der Waals surface area contributed by atoms with Gasteiger partial charge < -0.3 is 5.73 Å². The Morgan fingerprint density at radius 3 is 2.67 bits per heavy atom. The summed E-state index contributed by atoms with van der Waals surface area (Å²) in [4.78, 5) is 0. The van der Waals surface area contributed by atoms with Gasteiger partial charge in [0.25, 0.3) is 0 Å². The largest absolute Gasteiger partial charge is 0.324 e. The lowest BCUT2D eigenvalue weighted by Gasteiger charge is -2.15. The van der Waals surface area contributed by atoms with E-state index in [4.69, 9.17) is 5.73 Å². The van der Waals surface area contributed by atoms with Gasteiger partial charge in [-0.2, -0.15) is 0 Å². The average molecular weight is 125 g/mol. The Morgan fingerprint density at radius 1 is 1.56 bits per heavy atom. The Balaban J connectivity index is 2.46. The van der Waals surface area contributed by atoms with Crippen molar-refractivity contribution in [3.05, 3.63) is 11.6 Å². The first-order valence-electron chi connectivity index (χ1n) is 3.75. The fourth-order valence-corrected chi connectivity index (χ4v) is 1.28. The van der Waals surface area contributed by atoms with E-state index in [1.54, 1.807) is 0 Å². The molecule has 1 atom stereocenters. The molecule has 0 saturated carbocycles. The van der Waals surface area contributed by atoms with Crippen LogP contribution in [-0.4, -0.2) is 6.04 Å². The van der Waals surface area contributed by atoms with Crippen LogP contribution in [0.2, 0.25) is 0 Å². The minimum Gasteiger partial charge on any atom is -0.324 e. The first-order valence-corrected chi connectivity index (χ1v) is 3.75. The van der Waals surface area contributed by atoms with Crippen molar-refractivity contribution in [2.45, 2.75) is 38.6 Å². The topological polar surface area (TPSA) is 26.0 Å². The van der Waals surface area contributed by atoms with Crippen LogP contribution in [0.25, 0.3) is 0 Å². The van der Waals surface area contributed by atoms with E-state index in [0.29, 0.717) is 6.04 Å². The van der Waals surface area contributed by atoms with E-state index < -0.39 is 0 Å². The molecule has 0 aromatic rings. The molecule has 0 heterocycles. The Bertz CT molecular complexity index is 114. The molecule has 2 N–H and O–H groups in total. The fraction of sp³-hybridized carbons (Fsp3) is 0.750. The average Bonchev–Trinajstić information content (AvgIpc) is 1.90. The van der Waals surface area contributed by atoms with Gasteiger partial charge in [-0.05, 0) is 32.6 Å². The van der Waals surface area contributed by atoms with Crippen LogP contribution in [0.3, 0.4) is 0 Å². The second-order valence-electron chi connectivity index (χ2n) is 2.81. The van der Waals surface area contributed by atoms with Gasteiger partial charge >= 0.3 is 0 Å². The third-order valence-electron chi connectivity index (χ3n) is 1.91. The molecule has 52 valence electrons. The van der Waals surface area contributed by atoms with E-state index in [0.717, 1.165) is 0 Å². The van der Waals surface area contributed by atoms with Crippen molar-refractivity contribution < 1.29 is 0 Å². The Kier molecular flexibility index (Phi) is 2.29. The monoisotopic (exact) mass is 125 g/mol. The van der Waals surface area contributed by atoms with Gasteiger partial charge in [0.2, 0.25) is 0 Å². The zero-order chi connectivity index (χ0) is 6.69. The smallest absolute Gasteiger partial charge is 0.0224 e. The molecule has 0 fully saturated rings. The van der Waals surface area contributed by atoms with Gasteiger partial charge in [0, 0.05) is 6.04 Å². The van der Waals surface area contributed by atoms with Crippen molar-refractivity contribution in [2.24, 2.45) is 5.73 Å². The van der Waals surface area contributed by atoms with Crippen molar-refractivity contribution in [1.82, 2.24) is 0 Å². The van der Waals surface area contributed by atoms with Crippen molar-refractivity contribution >= 4 is 0 Å². The van der Waals surface area contributed by atoms with E-state index in [1.165, 1.54) is 31.3 Å². The van der Waals surface area contributed by atoms with Crippen LogP contribution in [0.4, 0.5) is 0 Å². The van der Waals surface area contributed by atoms with E-state index in [9.17, 15) is 0 Å². The molecule has 1 nitrogen and oxygen atoms in total. The fourth-order valence-electron chi connectivity index (χ4n) is 1.28. The minimum absolute atomic E-state index is 0.297. The normalized spacial score (nSPS) is 23.1. The number of hydrogen-bond donors (Lipinski definition) is 1. The van der Waals surface area contributed by atoms with Crippen LogP contribution < -0.4 is 5.73 Å². The summed E-state index contributed by atoms with van der Waals surface area (Å²) < 4.78 is 0. The number of rotatable bonds is 1. The molecule has 9 heavy (non-hydrogen) atoms. The van der Waals surface area contributed by atoms with Gasteiger partial charge in [-0.15, -0.1) is 0 Å². The van der Waals surface area contributed by atoms with Crippen molar-refractivity contribution in [1.29, 1.82) is 0 Å². The molecule has 0 saturated heterocycles. The Labute approximate surface area is 56.9 Å². The standard InChI is InChI=1S/C8H15N/c1-7(9)8-5-3-2-4-6-8/h5,7H,2-4,6,9H2,1H3. The summed E-state index contributed by atoms with van der Waals surface area (Å²) in [6.45, 7) is 2.07. The van der Waals surface area contributed by atoms with Crippen LogP contribution in [-0.2, 0) is 0 Å². The molecule has 1 heteroatoms. The molecule has 0 aromatic carbocycles. The summed E-state index contributed by atoms with van der Waals surface area (Å²) in [6, 6.07) is 0.297. The van der Waals surface area contributed by atoms with Gasteiger partial charge in [-0.1, -0.05) is 11.6 Å². The molecule has 1 rings (SSSR count). The molecule has 0 radical (unpaired) electrons. The van der Waals surface area contributed by atoms with Crippen LogP contribution >= 0.6 is 0 Å². The summed E-state index contributed by atoms with van der Waals surface area (Å²) in [7, 11) is 0. The Hall–Kier alpha value is -0.300. The Morgan fingerprint density at radius 2 is 2.33 bits per heavy atom. The summed E-state index contributed by atoms with van der Waals surface area (Å²) in [5, 5.41) is 0. The van der Waals surface area contributed by atoms with E-state index in [-0.39, 0.29) is 0 Å². The molecule has 1 unspecified atom stereocenters. The predicted octanol–water partition coefficient (Wildman–Crippen LogP) is 1.83. The third kappa shape index (κ3) is 1.83. The van der Waals surface area contributed by atoms with Gasteiger partial charge in [-0.3, -0.25) is 0 Å². The van der Waals surface area contributed by atoms with Crippen molar-refractivity contribution in [2.75, 3.05) is 0 Å². The predicted molar refractivity (Wildman–Crippen MR) is 40.2 cm³/mol. The summed E-state index contributed by atoms with van der Waals surface area (Å²) in [6.07, 6.45) is 7.48. The molecule has 1 aliphatic rings. The highest BCUT2D eigenvalue weighted by Gasteiger charge is 2.05. The lowest BCUT2D eigenvalue weighted by atomic mass is 9.95. The van der Waals surface area contributed by atoms with Gasteiger partial charge in [0.05, 0.1) is 0 Å². The van der Waals surface area contributed by atoms with Crippen LogP contribution in [0, 0.1) is 0 Å². The number of allylic oxidation sites excluding steroid dienone is 1. The second kappa shape index (κ2) is 3.02. The molecule has 0 aromatic heterocycles. The lowest BCUT2D eigenvalue weighted by Crippen LogP contribution is -2.19. The first-order chi connectivity index (χ1) is 4.30. The van der Waals surface area contributed by atoms with Gasteiger partial charge in [-0.25, -0.2) is 0 Å². The van der Waals surface area contributed by atoms with E-state index in [2.05, 4.69) is 13.0 Å². The zero-order valence-electron chi connectivity index (χ0n) is 6.06.